The Morgan fingerprint density at radius 1 is 1.53 bits per heavy atom. The van der Waals surface area contributed by atoms with Crippen molar-refractivity contribution in [3.63, 3.8) is 0 Å². The average Bonchev–Trinajstić information content (AvgIpc) is 2.26. The molecule has 4 heteroatoms. The number of nitrogens with zero attached hydrogens (tertiary/aromatic N) is 1. The molecule has 1 saturated heterocycles. The molecular formula is C11H22N2O2. The smallest absolute Gasteiger partial charge is 0.225 e. The van der Waals surface area contributed by atoms with Gasteiger partial charge in [0.15, 0.2) is 0 Å². The molecule has 0 aromatic carbocycles. The first-order valence-corrected chi connectivity index (χ1v) is 5.68. The number of hydrogen-bond acceptors (Lipinski definition) is 3. The Kier molecular flexibility index (Phi) is 5.05. The summed E-state index contributed by atoms with van der Waals surface area (Å²) in [6.45, 7) is 4.42. The molecule has 2 N–H and O–H groups in total. The first-order chi connectivity index (χ1) is 7.17. The number of piperidine rings is 1. The quantitative estimate of drug-likeness (QED) is 0.746. The topological polar surface area (TPSA) is 55.6 Å². The van der Waals surface area contributed by atoms with E-state index in [-0.39, 0.29) is 12.0 Å². The number of carbonyl (C=O) groups is 1. The van der Waals surface area contributed by atoms with Gasteiger partial charge in [-0.15, -0.1) is 0 Å². The highest BCUT2D eigenvalue weighted by atomic mass is 16.5. The van der Waals surface area contributed by atoms with Crippen LogP contribution in [0.4, 0.5) is 0 Å². The highest BCUT2D eigenvalue weighted by molar-refractivity contribution is 5.76. The molecule has 1 aliphatic heterocycles. The maximum atomic E-state index is 11.8. The van der Waals surface area contributed by atoms with Crippen LogP contribution in [0.2, 0.25) is 0 Å². The standard InChI is InChI=1S/C11H22N2O2/c1-9-3-5-13(6-4-9)11(14)7-10(8-12)15-2/h9-10H,3-8,12H2,1-2H3. The molecule has 0 saturated carbocycles. The fraction of sp³-hybridized carbons (Fsp3) is 0.909. The molecule has 0 aromatic rings. The van der Waals surface area contributed by atoms with Crippen LogP contribution in [0.25, 0.3) is 0 Å². The van der Waals surface area contributed by atoms with Gasteiger partial charge in [-0.25, -0.2) is 0 Å². The van der Waals surface area contributed by atoms with Crippen LogP contribution < -0.4 is 5.73 Å². The molecule has 88 valence electrons. The Labute approximate surface area is 91.8 Å². The fourth-order valence-electron chi connectivity index (χ4n) is 1.84. The maximum absolute atomic E-state index is 11.8. The molecule has 4 nitrogen and oxygen atoms in total. The normalized spacial score (nSPS) is 20.3. The summed E-state index contributed by atoms with van der Waals surface area (Å²) < 4.78 is 5.11. The minimum Gasteiger partial charge on any atom is -0.380 e. The number of methoxy groups -OCH3 is 1. The van der Waals surface area contributed by atoms with Crippen LogP contribution in [0, 0.1) is 5.92 Å². The number of likely N-dealkylation sites (tertiary alicyclic amines) is 1. The third-order valence-electron chi connectivity index (χ3n) is 3.13. The number of amides is 1. The van der Waals surface area contributed by atoms with E-state index in [1.54, 1.807) is 7.11 Å². The zero-order valence-electron chi connectivity index (χ0n) is 9.74. The molecule has 1 fully saturated rings. The van der Waals surface area contributed by atoms with Crippen LogP contribution >= 0.6 is 0 Å². The summed E-state index contributed by atoms with van der Waals surface area (Å²) in [5.41, 5.74) is 5.49. The predicted molar refractivity (Wildman–Crippen MR) is 59.4 cm³/mol. The van der Waals surface area contributed by atoms with Crippen molar-refractivity contribution in [3.05, 3.63) is 0 Å². The summed E-state index contributed by atoms with van der Waals surface area (Å²) in [5.74, 6) is 0.931. The van der Waals surface area contributed by atoms with E-state index in [9.17, 15) is 4.79 Å². The molecule has 0 radical (unpaired) electrons. The zero-order valence-corrected chi connectivity index (χ0v) is 9.74. The Morgan fingerprint density at radius 2 is 2.13 bits per heavy atom. The molecule has 15 heavy (non-hydrogen) atoms. The minimum atomic E-state index is -0.128. The summed E-state index contributed by atoms with van der Waals surface area (Å²) in [7, 11) is 1.60. The van der Waals surface area contributed by atoms with Gasteiger partial charge >= 0.3 is 0 Å². The highest BCUT2D eigenvalue weighted by Crippen LogP contribution is 2.17. The van der Waals surface area contributed by atoms with Crippen molar-refractivity contribution in [2.75, 3.05) is 26.7 Å². The van der Waals surface area contributed by atoms with E-state index >= 15 is 0 Å². The number of ether oxygens (including phenoxy) is 1. The van der Waals surface area contributed by atoms with Crippen LogP contribution in [0.5, 0.6) is 0 Å². The van der Waals surface area contributed by atoms with Crippen molar-refractivity contribution in [1.29, 1.82) is 0 Å². The van der Waals surface area contributed by atoms with E-state index in [1.807, 2.05) is 4.90 Å². The van der Waals surface area contributed by atoms with Crippen LogP contribution in [-0.2, 0) is 9.53 Å². The van der Waals surface area contributed by atoms with Gasteiger partial charge in [-0.05, 0) is 18.8 Å². The SMILES string of the molecule is COC(CN)CC(=O)N1CCC(C)CC1. The number of nitrogens with two attached hydrogens (primary N) is 1. The predicted octanol–water partition coefficient (Wildman–Crippen LogP) is 0.609. The molecule has 0 bridgehead atoms. The molecule has 0 spiro atoms. The molecule has 0 aliphatic carbocycles. The Bertz CT molecular complexity index is 197. The fourth-order valence-corrected chi connectivity index (χ4v) is 1.84. The molecule has 1 rings (SSSR count). The monoisotopic (exact) mass is 214 g/mol. The average molecular weight is 214 g/mol. The lowest BCUT2D eigenvalue weighted by Gasteiger charge is -2.31. The van der Waals surface area contributed by atoms with Gasteiger partial charge < -0.3 is 15.4 Å². The van der Waals surface area contributed by atoms with Crippen LogP contribution in [0.15, 0.2) is 0 Å². The lowest BCUT2D eigenvalue weighted by molar-refractivity contribution is -0.134. The Hall–Kier alpha value is -0.610. The summed E-state index contributed by atoms with van der Waals surface area (Å²) in [4.78, 5) is 13.8. The molecule has 1 aliphatic rings. The third kappa shape index (κ3) is 3.80. The summed E-state index contributed by atoms with van der Waals surface area (Å²) in [6.07, 6.45) is 2.52. The van der Waals surface area contributed by atoms with Crippen molar-refractivity contribution >= 4 is 5.91 Å². The van der Waals surface area contributed by atoms with Crippen molar-refractivity contribution in [1.82, 2.24) is 4.90 Å². The van der Waals surface area contributed by atoms with E-state index in [0.717, 1.165) is 31.8 Å². The van der Waals surface area contributed by atoms with Crippen molar-refractivity contribution in [2.45, 2.75) is 32.3 Å². The number of rotatable bonds is 4. The highest BCUT2D eigenvalue weighted by Gasteiger charge is 2.22. The summed E-state index contributed by atoms with van der Waals surface area (Å²) >= 11 is 0. The van der Waals surface area contributed by atoms with Gasteiger partial charge in [0.1, 0.15) is 0 Å². The van der Waals surface area contributed by atoms with E-state index in [2.05, 4.69) is 6.92 Å². The van der Waals surface area contributed by atoms with Gasteiger partial charge in [-0.3, -0.25) is 4.79 Å². The maximum Gasteiger partial charge on any atom is 0.225 e. The minimum absolute atomic E-state index is 0.128. The summed E-state index contributed by atoms with van der Waals surface area (Å²) in [5, 5.41) is 0. The van der Waals surface area contributed by atoms with Gasteiger partial charge in [0.2, 0.25) is 5.91 Å². The lowest BCUT2D eigenvalue weighted by atomic mass is 9.99. The van der Waals surface area contributed by atoms with Crippen molar-refractivity contribution in [2.24, 2.45) is 11.7 Å². The Balaban J connectivity index is 2.33. The van der Waals surface area contributed by atoms with E-state index in [1.165, 1.54) is 0 Å². The van der Waals surface area contributed by atoms with Gasteiger partial charge in [0.25, 0.3) is 0 Å². The van der Waals surface area contributed by atoms with Crippen LogP contribution in [-0.4, -0.2) is 43.7 Å². The van der Waals surface area contributed by atoms with Gasteiger partial charge in [0, 0.05) is 26.7 Å². The van der Waals surface area contributed by atoms with Crippen molar-refractivity contribution < 1.29 is 9.53 Å². The number of hydrogen-bond donors (Lipinski definition) is 1. The number of carbonyl (C=O) groups excluding carboxylic acids is 1. The second kappa shape index (κ2) is 6.08. The molecular weight excluding hydrogens is 192 g/mol. The first-order valence-electron chi connectivity index (χ1n) is 5.68. The van der Waals surface area contributed by atoms with Crippen LogP contribution in [0.3, 0.4) is 0 Å². The largest absolute Gasteiger partial charge is 0.380 e. The van der Waals surface area contributed by atoms with Gasteiger partial charge in [-0.1, -0.05) is 6.92 Å². The second-order valence-corrected chi connectivity index (χ2v) is 4.36. The molecule has 0 aromatic heterocycles. The van der Waals surface area contributed by atoms with Crippen molar-refractivity contribution in [3.8, 4) is 0 Å². The zero-order chi connectivity index (χ0) is 11.3. The van der Waals surface area contributed by atoms with Crippen LogP contribution in [0.1, 0.15) is 26.2 Å². The molecule has 1 amide bonds. The molecule has 1 atom stereocenters. The third-order valence-corrected chi connectivity index (χ3v) is 3.13. The van der Waals surface area contributed by atoms with Gasteiger partial charge in [0.05, 0.1) is 12.5 Å². The van der Waals surface area contributed by atoms with E-state index < -0.39 is 0 Å². The second-order valence-electron chi connectivity index (χ2n) is 4.36. The van der Waals surface area contributed by atoms with Gasteiger partial charge in [-0.2, -0.15) is 0 Å². The molecule has 1 unspecified atom stereocenters. The summed E-state index contributed by atoms with van der Waals surface area (Å²) in [6, 6.07) is 0. The van der Waals surface area contributed by atoms with E-state index in [0.29, 0.717) is 13.0 Å². The van der Waals surface area contributed by atoms with E-state index in [4.69, 9.17) is 10.5 Å². The first kappa shape index (κ1) is 12.5. The lowest BCUT2D eigenvalue weighted by Crippen LogP contribution is -2.40. The Morgan fingerprint density at radius 3 is 2.60 bits per heavy atom. The molecule has 1 heterocycles.